The molecule has 4 N–H and O–H groups in total. The zero-order valence-electron chi connectivity index (χ0n) is 15.1. The maximum Gasteiger partial charge on any atom is 0.321 e. The van der Waals surface area contributed by atoms with Crippen LogP contribution in [0.25, 0.3) is 0 Å². The normalized spacial score (nSPS) is 11.5. The second-order valence-electron chi connectivity index (χ2n) is 5.84. The highest BCUT2D eigenvalue weighted by molar-refractivity contribution is 7.73. The molecule has 2 rings (SSSR count). The molecule has 2 aromatic rings. The first-order chi connectivity index (χ1) is 13.4. The molecule has 0 saturated heterocycles. The van der Waals surface area contributed by atoms with Crippen LogP contribution in [0.4, 0.5) is 15.6 Å². The van der Waals surface area contributed by atoms with Crippen LogP contribution >= 0.6 is 23.6 Å². The largest absolute Gasteiger partial charge is 0.354 e. The molecule has 0 saturated carbocycles. The minimum atomic E-state index is -0.856. The molecular weight excluding hydrogens is 404 g/mol. The van der Waals surface area contributed by atoms with Crippen LogP contribution < -0.4 is 16.0 Å². The number of nitrogens with zero attached hydrogens (tertiary/aromatic N) is 2. The summed E-state index contributed by atoms with van der Waals surface area (Å²) in [4.78, 5) is 35.0. The van der Waals surface area contributed by atoms with E-state index in [-0.39, 0.29) is 23.1 Å². The highest BCUT2D eigenvalue weighted by Crippen LogP contribution is 2.14. The number of nitro groups is 1. The van der Waals surface area contributed by atoms with E-state index in [1.165, 1.54) is 12.1 Å². The van der Waals surface area contributed by atoms with Crippen LogP contribution in [0.5, 0.6) is 0 Å². The molecule has 0 fully saturated rings. The molecule has 1 heterocycles. The Morgan fingerprint density at radius 1 is 1.36 bits per heavy atom. The first-order valence-corrected chi connectivity index (χ1v) is 9.75. The molecular formula is C16H20N6O4S2. The molecule has 0 bridgehead atoms. The van der Waals surface area contributed by atoms with E-state index in [2.05, 4.69) is 26.1 Å². The van der Waals surface area contributed by atoms with Crippen LogP contribution in [0.3, 0.4) is 0 Å². The van der Waals surface area contributed by atoms with Gasteiger partial charge in [-0.05, 0) is 24.2 Å². The standard InChI is InChI=1S/C16H20N6O4S2/c1-2-3-8-17-13(23)12(9-10-4-6-11(7-5-10)22(25)26)18-14(24)19-15-20-21-16(27)28-15/h4-7,12H,2-3,8-9H2,1H3,(H,17,23)(H,21,27)(H2,18,19,20,24)/t12-/m0/s1. The minimum Gasteiger partial charge on any atom is -0.354 e. The Morgan fingerprint density at radius 2 is 2.07 bits per heavy atom. The smallest absolute Gasteiger partial charge is 0.321 e. The number of carbonyl (C=O) groups excluding carboxylic acids is 2. The van der Waals surface area contributed by atoms with E-state index in [0.29, 0.717) is 16.1 Å². The second kappa shape index (κ2) is 10.5. The number of anilines is 1. The Bertz CT molecular complexity index is 880. The van der Waals surface area contributed by atoms with Gasteiger partial charge in [-0.2, -0.15) is 0 Å². The van der Waals surface area contributed by atoms with Gasteiger partial charge in [-0.3, -0.25) is 25.3 Å². The van der Waals surface area contributed by atoms with Gasteiger partial charge >= 0.3 is 6.03 Å². The summed E-state index contributed by atoms with van der Waals surface area (Å²) in [6, 6.07) is 4.38. The fraction of sp³-hybridized carbons (Fsp3) is 0.375. The van der Waals surface area contributed by atoms with Crippen molar-refractivity contribution >= 4 is 46.3 Å². The summed E-state index contributed by atoms with van der Waals surface area (Å²) in [5.74, 6) is -0.336. The molecule has 0 aliphatic rings. The topological polar surface area (TPSA) is 142 Å². The summed E-state index contributed by atoms with van der Waals surface area (Å²) in [6.45, 7) is 2.50. The van der Waals surface area contributed by atoms with E-state index in [0.717, 1.165) is 24.2 Å². The summed E-state index contributed by atoms with van der Waals surface area (Å²) in [5, 5.41) is 25.3. The number of nitro benzene ring substituents is 1. The van der Waals surface area contributed by atoms with Crippen molar-refractivity contribution in [1.29, 1.82) is 0 Å². The van der Waals surface area contributed by atoms with Crippen molar-refractivity contribution in [2.75, 3.05) is 11.9 Å². The number of hydrogen-bond acceptors (Lipinski definition) is 7. The van der Waals surface area contributed by atoms with E-state index in [4.69, 9.17) is 12.2 Å². The van der Waals surface area contributed by atoms with E-state index >= 15 is 0 Å². The number of unbranched alkanes of at least 4 members (excludes halogenated alkanes) is 1. The molecule has 0 unspecified atom stereocenters. The summed E-state index contributed by atoms with van der Waals surface area (Å²) in [7, 11) is 0. The lowest BCUT2D eigenvalue weighted by molar-refractivity contribution is -0.384. The van der Waals surface area contributed by atoms with Crippen LogP contribution in [-0.2, 0) is 11.2 Å². The number of benzene rings is 1. The van der Waals surface area contributed by atoms with Gasteiger partial charge in [0.1, 0.15) is 6.04 Å². The number of H-pyrrole nitrogens is 1. The lowest BCUT2D eigenvalue weighted by Crippen LogP contribution is -2.49. The summed E-state index contributed by atoms with van der Waals surface area (Å²) in [5.41, 5.74) is 0.634. The van der Waals surface area contributed by atoms with Crippen LogP contribution in [0.15, 0.2) is 24.3 Å². The Morgan fingerprint density at radius 3 is 2.64 bits per heavy atom. The third-order valence-electron chi connectivity index (χ3n) is 3.70. The van der Waals surface area contributed by atoms with Gasteiger partial charge in [0.25, 0.3) is 5.69 Å². The fourth-order valence-corrected chi connectivity index (χ4v) is 3.07. The van der Waals surface area contributed by atoms with Crippen molar-refractivity contribution in [3.63, 3.8) is 0 Å². The first-order valence-electron chi connectivity index (χ1n) is 8.53. The molecule has 150 valence electrons. The third-order valence-corrected chi connectivity index (χ3v) is 4.70. The summed E-state index contributed by atoms with van der Waals surface area (Å²) >= 11 is 6.00. The molecule has 12 heteroatoms. The Balaban J connectivity index is 2.06. The van der Waals surface area contributed by atoms with E-state index in [9.17, 15) is 19.7 Å². The molecule has 1 atom stereocenters. The number of nitrogens with one attached hydrogen (secondary N) is 4. The monoisotopic (exact) mass is 424 g/mol. The molecule has 0 radical (unpaired) electrons. The third kappa shape index (κ3) is 6.70. The van der Waals surface area contributed by atoms with Crippen LogP contribution in [0.1, 0.15) is 25.3 Å². The number of carbonyl (C=O) groups is 2. The van der Waals surface area contributed by atoms with Crippen molar-refractivity contribution < 1.29 is 14.5 Å². The second-order valence-corrected chi connectivity index (χ2v) is 7.51. The van der Waals surface area contributed by atoms with Crippen LogP contribution in [-0.4, -0.2) is 39.6 Å². The van der Waals surface area contributed by atoms with Gasteiger partial charge in [-0.25, -0.2) is 4.79 Å². The lowest BCUT2D eigenvalue weighted by Gasteiger charge is -2.18. The molecule has 28 heavy (non-hydrogen) atoms. The highest BCUT2D eigenvalue weighted by atomic mass is 32.1. The average molecular weight is 425 g/mol. The number of urea groups is 1. The lowest BCUT2D eigenvalue weighted by atomic mass is 10.0. The van der Waals surface area contributed by atoms with E-state index in [1.54, 1.807) is 12.1 Å². The molecule has 1 aromatic heterocycles. The van der Waals surface area contributed by atoms with Gasteiger partial charge in [-0.15, -0.1) is 5.10 Å². The Labute approximate surface area is 169 Å². The Kier molecular flexibility index (Phi) is 8.02. The molecule has 1 aromatic carbocycles. The van der Waals surface area contributed by atoms with Crippen molar-refractivity contribution in [1.82, 2.24) is 20.8 Å². The van der Waals surface area contributed by atoms with Gasteiger partial charge in [0.15, 0.2) is 3.95 Å². The SMILES string of the molecule is CCCCNC(=O)[C@H](Cc1ccc([N+](=O)[O-])cc1)NC(=O)Nc1n[nH]c(=S)s1. The van der Waals surface area contributed by atoms with Crippen LogP contribution in [0.2, 0.25) is 0 Å². The summed E-state index contributed by atoms with van der Waals surface area (Å²) in [6.07, 6.45) is 1.92. The molecule has 0 spiro atoms. The number of aromatic amines is 1. The first kappa shape index (κ1) is 21.4. The molecule has 0 aliphatic carbocycles. The fourth-order valence-electron chi connectivity index (χ4n) is 2.29. The molecule has 0 aliphatic heterocycles. The predicted molar refractivity (Wildman–Crippen MR) is 108 cm³/mol. The number of rotatable bonds is 9. The zero-order valence-corrected chi connectivity index (χ0v) is 16.7. The van der Waals surface area contributed by atoms with Gasteiger partial charge in [0.05, 0.1) is 4.92 Å². The molecule has 3 amide bonds. The van der Waals surface area contributed by atoms with Gasteiger partial charge in [-0.1, -0.05) is 36.8 Å². The Hall–Kier alpha value is -2.86. The average Bonchev–Trinajstić information content (AvgIpc) is 3.06. The van der Waals surface area contributed by atoms with Crippen LogP contribution in [0, 0.1) is 14.1 Å². The van der Waals surface area contributed by atoms with Crippen molar-refractivity contribution in [3.8, 4) is 0 Å². The molecule has 10 nitrogen and oxygen atoms in total. The summed E-state index contributed by atoms with van der Waals surface area (Å²) < 4.78 is 0.412. The maximum atomic E-state index is 12.5. The number of non-ortho nitro benzene ring substituents is 1. The number of hydrogen-bond donors (Lipinski definition) is 4. The quantitative estimate of drug-likeness (QED) is 0.211. The van der Waals surface area contributed by atoms with Gasteiger partial charge in [0, 0.05) is 25.1 Å². The highest BCUT2D eigenvalue weighted by Gasteiger charge is 2.22. The number of amides is 3. The van der Waals surface area contributed by atoms with Gasteiger partial charge in [0.2, 0.25) is 11.0 Å². The van der Waals surface area contributed by atoms with Crippen molar-refractivity contribution in [2.24, 2.45) is 0 Å². The van der Waals surface area contributed by atoms with E-state index < -0.39 is 17.0 Å². The number of aromatic nitrogens is 2. The minimum absolute atomic E-state index is 0.0434. The predicted octanol–water partition coefficient (Wildman–Crippen LogP) is 2.76. The zero-order chi connectivity index (χ0) is 20.5. The van der Waals surface area contributed by atoms with Gasteiger partial charge < -0.3 is 10.6 Å². The van der Waals surface area contributed by atoms with E-state index in [1.807, 2.05) is 6.92 Å². The maximum absolute atomic E-state index is 12.5. The van der Waals surface area contributed by atoms with Crippen molar-refractivity contribution in [3.05, 3.63) is 43.9 Å². The van der Waals surface area contributed by atoms with Crippen molar-refractivity contribution in [2.45, 2.75) is 32.2 Å².